The summed E-state index contributed by atoms with van der Waals surface area (Å²) in [5.74, 6) is 0.623. The van der Waals surface area contributed by atoms with Gasteiger partial charge < -0.3 is 4.74 Å². The standard InChI is InChI=1S/C19H30N2O/c1-16(2)18-5-3-17(4-6-18)15-20-9-7-19(8-10-20)21-11-13-22-14-12-21/h3-6,16,19H,7-15H2,1-2H3. The monoisotopic (exact) mass is 302 g/mol. The molecule has 0 atom stereocenters. The second-order valence-electron chi connectivity index (χ2n) is 7.05. The summed E-state index contributed by atoms with van der Waals surface area (Å²) >= 11 is 0. The number of hydrogen-bond donors (Lipinski definition) is 0. The van der Waals surface area contributed by atoms with Crippen molar-refractivity contribution in [3.63, 3.8) is 0 Å². The molecule has 0 spiro atoms. The van der Waals surface area contributed by atoms with Crippen LogP contribution >= 0.6 is 0 Å². The maximum Gasteiger partial charge on any atom is 0.0594 e. The van der Waals surface area contributed by atoms with Crippen LogP contribution in [0.25, 0.3) is 0 Å². The van der Waals surface area contributed by atoms with Gasteiger partial charge in [-0.05, 0) is 43.0 Å². The lowest BCUT2D eigenvalue weighted by Gasteiger charge is -2.40. The first kappa shape index (κ1) is 16.0. The van der Waals surface area contributed by atoms with Crippen LogP contribution in [0.3, 0.4) is 0 Å². The molecule has 0 aliphatic carbocycles. The second kappa shape index (κ2) is 7.58. The van der Waals surface area contributed by atoms with Crippen molar-refractivity contribution in [1.29, 1.82) is 0 Å². The number of rotatable bonds is 4. The Labute approximate surface area is 135 Å². The Morgan fingerprint density at radius 2 is 1.64 bits per heavy atom. The SMILES string of the molecule is CC(C)c1ccc(CN2CCC(N3CCOCC3)CC2)cc1. The van der Waals surface area contributed by atoms with Crippen molar-refractivity contribution in [1.82, 2.24) is 9.80 Å². The number of piperidine rings is 1. The van der Waals surface area contributed by atoms with Crippen LogP contribution in [0, 0.1) is 0 Å². The van der Waals surface area contributed by atoms with Crippen LogP contribution in [-0.4, -0.2) is 55.2 Å². The number of hydrogen-bond acceptors (Lipinski definition) is 3. The van der Waals surface area contributed by atoms with Gasteiger partial charge in [0.1, 0.15) is 0 Å². The maximum atomic E-state index is 5.46. The molecule has 2 aliphatic rings. The molecule has 2 fully saturated rings. The lowest BCUT2D eigenvalue weighted by molar-refractivity contribution is 0.000230. The first-order chi connectivity index (χ1) is 10.7. The predicted octanol–water partition coefficient (Wildman–Crippen LogP) is 3.11. The van der Waals surface area contributed by atoms with Crippen LogP contribution in [0.4, 0.5) is 0 Å². The summed E-state index contributed by atoms with van der Waals surface area (Å²) < 4.78 is 5.46. The van der Waals surface area contributed by atoms with Crippen molar-refractivity contribution in [2.24, 2.45) is 0 Å². The zero-order valence-corrected chi connectivity index (χ0v) is 14.1. The molecular weight excluding hydrogens is 272 g/mol. The van der Waals surface area contributed by atoms with E-state index in [9.17, 15) is 0 Å². The van der Waals surface area contributed by atoms with E-state index in [1.807, 2.05) is 0 Å². The van der Waals surface area contributed by atoms with Gasteiger partial charge in [0.05, 0.1) is 13.2 Å². The molecule has 1 aromatic rings. The Morgan fingerprint density at radius 3 is 2.23 bits per heavy atom. The zero-order valence-electron chi connectivity index (χ0n) is 14.1. The van der Waals surface area contributed by atoms with E-state index in [2.05, 4.69) is 47.9 Å². The fourth-order valence-corrected chi connectivity index (χ4v) is 3.65. The molecule has 0 aromatic heterocycles. The summed E-state index contributed by atoms with van der Waals surface area (Å²) in [6.07, 6.45) is 2.62. The Bertz CT molecular complexity index is 443. The summed E-state index contributed by atoms with van der Waals surface area (Å²) in [6, 6.07) is 9.98. The summed E-state index contributed by atoms with van der Waals surface area (Å²) in [5, 5.41) is 0. The van der Waals surface area contributed by atoms with Crippen LogP contribution in [-0.2, 0) is 11.3 Å². The number of likely N-dealkylation sites (tertiary alicyclic amines) is 1. The Kier molecular flexibility index (Phi) is 5.51. The first-order valence-corrected chi connectivity index (χ1v) is 8.85. The van der Waals surface area contributed by atoms with E-state index < -0.39 is 0 Å². The van der Waals surface area contributed by atoms with Crippen molar-refractivity contribution >= 4 is 0 Å². The molecule has 2 aliphatic heterocycles. The van der Waals surface area contributed by atoms with Gasteiger partial charge in [-0.15, -0.1) is 0 Å². The van der Waals surface area contributed by atoms with Crippen molar-refractivity contribution in [2.45, 2.75) is 45.2 Å². The lowest BCUT2D eigenvalue weighted by atomic mass is 10.00. The number of ether oxygens (including phenoxy) is 1. The highest BCUT2D eigenvalue weighted by Gasteiger charge is 2.25. The first-order valence-electron chi connectivity index (χ1n) is 8.85. The largest absolute Gasteiger partial charge is 0.379 e. The Hall–Kier alpha value is -0.900. The third-order valence-corrected chi connectivity index (χ3v) is 5.17. The predicted molar refractivity (Wildman–Crippen MR) is 91.2 cm³/mol. The highest BCUT2D eigenvalue weighted by atomic mass is 16.5. The molecule has 1 aromatic carbocycles. The smallest absolute Gasteiger partial charge is 0.0594 e. The minimum atomic E-state index is 0.623. The number of nitrogens with zero attached hydrogens (tertiary/aromatic N) is 2. The topological polar surface area (TPSA) is 15.7 Å². The maximum absolute atomic E-state index is 5.46. The molecule has 0 saturated carbocycles. The van der Waals surface area contributed by atoms with E-state index >= 15 is 0 Å². The van der Waals surface area contributed by atoms with Gasteiger partial charge in [-0.2, -0.15) is 0 Å². The minimum Gasteiger partial charge on any atom is -0.379 e. The van der Waals surface area contributed by atoms with Crippen molar-refractivity contribution in [3.05, 3.63) is 35.4 Å². The van der Waals surface area contributed by atoms with E-state index in [1.54, 1.807) is 0 Å². The molecule has 22 heavy (non-hydrogen) atoms. The third kappa shape index (κ3) is 4.09. The number of morpholine rings is 1. The average molecular weight is 302 g/mol. The highest BCUT2D eigenvalue weighted by molar-refractivity contribution is 5.24. The molecule has 122 valence electrons. The van der Waals surface area contributed by atoms with Gasteiger partial charge in [0, 0.05) is 25.7 Å². The Balaban J connectivity index is 1.47. The Morgan fingerprint density at radius 1 is 1.00 bits per heavy atom. The second-order valence-corrected chi connectivity index (χ2v) is 7.05. The average Bonchev–Trinajstić information content (AvgIpc) is 2.57. The summed E-state index contributed by atoms with van der Waals surface area (Å²) in [6.45, 7) is 12.2. The molecule has 3 rings (SSSR count). The molecule has 3 heteroatoms. The minimum absolute atomic E-state index is 0.623. The zero-order chi connectivity index (χ0) is 15.4. The fraction of sp³-hybridized carbons (Fsp3) is 0.684. The molecule has 0 bridgehead atoms. The number of benzene rings is 1. The van der Waals surface area contributed by atoms with Gasteiger partial charge in [-0.3, -0.25) is 9.80 Å². The quantitative estimate of drug-likeness (QED) is 0.850. The van der Waals surface area contributed by atoms with Gasteiger partial charge in [0.25, 0.3) is 0 Å². The molecule has 0 unspecified atom stereocenters. The van der Waals surface area contributed by atoms with Gasteiger partial charge in [0.2, 0.25) is 0 Å². The van der Waals surface area contributed by atoms with Crippen LogP contribution in [0.5, 0.6) is 0 Å². The van der Waals surface area contributed by atoms with Crippen molar-refractivity contribution in [2.75, 3.05) is 39.4 Å². The van der Waals surface area contributed by atoms with E-state index in [4.69, 9.17) is 4.74 Å². The van der Waals surface area contributed by atoms with E-state index in [-0.39, 0.29) is 0 Å². The molecule has 0 amide bonds. The molecule has 0 radical (unpaired) electrons. The van der Waals surface area contributed by atoms with Gasteiger partial charge >= 0.3 is 0 Å². The fourth-order valence-electron chi connectivity index (χ4n) is 3.65. The summed E-state index contributed by atoms with van der Waals surface area (Å²) in [7, 11) is 0. The van der Waals surface area contributed by atoms with Crippen LogP contribution in [0.15, 0.2) is 24.3 Å². The molecule has 2 saturated heterocycles. The van der Waals surface area contributed by atoms with Crippen molar-refractivity contribution < 1.29 is 4.74 Å². The molecule has 2 heterocycles. The summed E-state index contributed by atoms with van der Waals surface area (Å²) in [4.78, 5) is 5.25. The van der Waals surface area contributed by atoms with Crippen LogP contribution in [0.2, 0.25) is 0 Å². The van der Waals surface area contributed by atoms with Crippen molar-refractivity contribution in [3.8, 4) is 0 Å². The van der Waals surface area contributed by atoms with Gasteiger partial charge in [0.15, 0.2) is 0 Å². The van der Waals surface area contributed by atoms with E-state index in [1.165, 1.54) is 37.1 Å². The van der Waals surface area contributed by atoms with Crippen LogP contribution in [0.1, 0.15) is 43.7 Å². The van der Waals surface area contributed by atoms with Crippen LogP contribution < -0.4 is 0 Å². The normalized spacial score (nSPS) is 22.3. The van der Waals surface area contributed by atoms with Gasteiger partial charge in [-0.1, -0.05) is 38.1 Å². The highest BCUT2D eigenvalue weighted by Crippen LogP contribution is 2.20. The van der Waals surface area contributed by atoms with E-state index in [0.29, 0.717) is 5.92 Å². The molecular formula is C19H30N2O. The summed E-state index contributed by atoms with van der Waals surface area (Å²) in [5.41, 5.74) is 2.89. The third-order valence-electron chi connectivity index (χ3n) is 5.17. The van der Waals surface area contributed by atoms with E-state index in [0.717, 1.165) is 38.9 Å². The lowest BCUT2D eigenvalue weighted by Crippen LogP contribution is -2.48. The molecule has 3 nitrogen and oxygen atoms in total. The van der Waals surface area contributed by atoms with Gasteiger partial charge in [-0.25, -0.2) is 0 Å². The molecule has 0 N–H and O–H groups in total.